The number of esters is 2. The molecule has 0 N–H and O–H groups in total. The van der Waals surface area contributed by atoms with Crippen molar-refractivity contribution in [2.24, 2.45) is 0 Å². The lowest BCUT2D eigenvalue weighted by atomic mass is 10.3. The van der Waals surface area contributed by atoms with Gasteiger partial charge in [-0.3, -0.25) is 0 Å². The first-order valence-electron chi connectivity index (χ1n) is 4.19. The molecule has 0 aliphatic carbocycles. The third kappa shape index (κ3) is 4.45. The van der Waals surface area contributed by atoms with Gasteiger partial charge in [-0.1, -0.05) is 6.58 Å². The summed E-state index contributed by atoms with van der Waals surface area (Å²) in [5.41, 5.74) is 0.513. The van der Waals surface area contributed by atoms with Crippen LogP contribution in [0.25, 0.3) is 0 Å². The molecule has 0 fully saturated rings. The number of ether oxygens (including phenoxy) is 2. The summed E-state index contributed by atoms with van der Waals surface area (Å²) in [5, 5.41) is 0. The number of carbonyl (C=O) groups excluding carboxylic acids is 2. The lowest BCUT2D eigenvalue weighted by molar-refractivity contribution is -0.138. The fraction of sp³-hybridized carbons (Fsp3) is 0.400. The van der Waals surface area contributed by atoms with Crippen LogP contribution >= 0.6 is 0 Å². The van der Waals surface area contributed by atoms with Crippen molar-refractivity contribution >= 4 is 11.9 Å². The second-order valence-corrected chi connectivity index (χ2v) is 2.71. The highest BCUT2D eigenvalue weighted by Gasteiger charge is 2.06. The monoisotopic (exact) mass is 198 g/mol. The highest BCUT2D eigenvalue weighted by atomic mass is 16.5. The van der Waals surface area contributed by atoms with Gasteiger partial charge in [0.1, 0.15) is 6.26 Å². The Labute approximate surface area is 83.2 Å². The Morgan fingerprint density at radius 3 is 2.29 bits per heavy atom. The third-order valence-electron chi connectivity index (χ3n) is 1.29. The molecule has 0 heterocycles. The molecule has 0 radical (unpaired) electrons. The Bertz CT molecular complexity index is 276. The number of hydrogen-bond acceptors (Lipinski definition) is 4. The van der Waals surface area contributed by atoms with E-state index in [1.54, 1.807) is 6.92 Å². The molecule has 14 heavy (non-hydrogen) atoms. The largest absolute Gasteiger partial charge is 0.463 e. The number of hydrogen-bond donors (Lipinski definition) is 0. The van der Waals surface area contributed by atoms with Crippen LogP contribution in [0, 0.1) is 0 Å². The van der Waals surface area contributed by atoms with E-state index < -0.39 is 11.9 Å². The second kappa shape index (κ2) is 5.96. The second-order valence-electron chi connectivity index (χ2n) is 2.71. The molecule has 4 heteroatoms. The molecule has 78 valence electrons. The molecular weight excluding hydrogens is 184 g/mol. The fourth-order valence-electron chi connectivity index (χ4n) is 0.536. The van der Waals surface area contributed by atoms with E-state index in [2.05, 4.69) is 16.1 Å². The fourth-order valence-corrected chi connectivity index (χ4v) is 0.536. The quantitative estimate of drug-likeness (QED) is 0.391. The van der Waals surface area contributed by atoms with Gasteiger partial charge in [0.2, 0.25) is 0 Å². The number of carbonyl (C=O) groups is 2. The van der Waals surface area contributed by atoms with Crippen LogP contribution in [0.4, 0.5) is 0 Å². The van der Waals surface area contributed by atoms with Crippen molar-refractivity contribution in [1.82, 2.24) is 0 Å². The van der Waals surface area contributed by atoms with Crippen LogP contribution in [0.2, 0.25) is 0 Å². The highest BCUT2D eigenvalue weighted by molar-refractivity contribution is 5.90. The van der Waals surface area contributed by atoms with E-state index in [-0.39, 0.29) is 11.1 Å². The van der Waals surface area contributed by atoms with E-state index in [1.807, 2.05) is 0 Å². The number of rotatable bonds is 4. The minimum Gasteiger partial charge on any atom is -0.463 e. The van der Waals surface area contributed by atoms with Crippen LogP contribution in [0.3, 0.4) is 0 Å². The smallest absolute Gasteiger partial charge is 0.337 e. The first-order chi connectivity index (χ1) is 6.49. The average Bonchev–Trinajstić information content (AvgIpc) is 2.13. The van der Waals surface area contributed by atoms with Gasteiger partial charge in [-0.25, -0.2) is 9.59 Å². The average molecular weight is 198 g/mol. The summed E-state index contributed by atoms with van der Waals surface area (Å²) in [7, 11) is 0. The summed E-state index contributed by atoms with van der Waals surface area (Å²) in [6, 6.07) is 0. The molecule has 0 atom stereocenters. The van der Waals surface area contributed by atoms with E-state index in [4.69, 9.17) is 0 Å². The summed E-state index contributed by atoms with van der Waals surface area (Å²) in [6.07, 6.45) is 1.06. The van der Waals surface area contributed by atoms with Crippen LogP contribution < -0.4 is 0 Å². The maximum Gasteiger partial charge on any atom is 0.337 e. The molecule has 0 unspecified atom stereocenters. The van der Waals surface area contributed by atoms with Gasteiger partial charge in [0.25, 0.3) is 0 Å². The van der Waals surface area contributed by atoms with Gasteiger partial charge >= 0.3 is 11.9 Å². The molecule has 0 rings (SSSR count). The maximum absolute atomic E-state index is 11.0. The first kappa shape index (κ1) is 12.4. The van der Waals surface area contributed by atoms with E-state index in [1.165, 1.54) is 13.8 Å². The van der Waals surface area contributed by atoms with Crippen LogP contribution in [-0.2, 0) is 19.1 Å². The molecule has 0 aromatic carbocycles. The van der Waals surface area contributed by atoms with Gasteiger partial charge in [-0.05, 0) is 20.8 Å². The van der Waals surface area contributed by atoms with Crippen LogP contribution in [-0.4, -0.2) is 18.5 Å². The zero-order chi connectivity index (χ0) is 11.1. The molecule has 4 nitrogen and oxygen atoms in total. The third-order valence-corrected chi connectivity index (χ3v) is 1.29. The van der Waals surface area contributed by atoms with Gasteiger partial charge in [0.05, 0.1) is 12.2 Å². The minimum atomic E-state index is -0.561. The minimum absolute atomic E-state index is 0.237. The highest BCUT2D eigenvalue weighted by Crippen LogP contribution is 1.99. The molecule has 0 amide bonds. The Kier molecular flexibility index (Phi) is 5.29. The Hall–Kier alpha value is -1.58. The summed E-state index contributed by atoms with van der Waals surface area (Å²) in [5.74, 6) is -1.06. The molecule has 0 bridgehead atoms. The van der Waals surface area contributed by atoms with Crippen LogP contribution in [0.15, 0.2) is 24.0 Å². The Morgan fingerprint density at radius 2 is 1.86 bits per heavy atom. The SMILES string of the molecule is C=C(C)C(=O)O/C=C(\C)C(=O)OCC. The predicted molar refractivity (Wildman–Crippen MR) is 51.3 cm³/mol. The van der Waals surface area contributed by atoms with Crippen molar-refractivity contribution in [2.75, 3.05) is 6.61 Å². The molecule has 0 aromatic heterocycles. The normalized spacial score (nSPS) is 10.6. The molecule has 0 saturated carbocycles. The lowest BCUT2D eigenvalue weighted by Crippen LogP contribution is -2.07. The van der Waals surface area contributed by atoms with Crippen LogP contribution in [0.1, 0.15) is 20.8 Å². The van der Waals surface area contributed by atoms with Gasteiger partial charge in [0.15, 0.2) is 0 Å². The summed E-state index contributed by atoms with van der Waals surface area (Å²) in [4.78, 5) is 21.9. The maximum atomic E-state index is 11.0. The van der Waals surface area contributed by atoms with Gasteiger partial charge in [0, 0.05) is 5.57 Å². The molecule has 0 aliphatic heterocycles. The molecular formula is C10H14O4. The zero-order valence-corrected chi connectivity index (χ0v) is 8.62. The van der Waals surface area contributed by atoms with Crippen LogP contribution in [0.5, 0.6) is 0 Å². The zero-order valence-electron chi connectivity index (χ0n) is 8.62. The predicted octanol–water partition coefficient (Wildman–Crippen LogP) is 1.57. The van der Waals surface area contributed by atoms with Gasteiger partial charge in [-0.15, -0.1) is 0 Å². The van der Waals surface area contributed by atoms with Crippen molar-refractivity contribution in [3.05, 3.63) is 24.0 Å². The summed E-state index contributed by atoms with van der Waals surface area (Å²) in [6.45, 7) is 8.41. The molecule has 0 spiro atoms. The molecule has 0 aromatic rings. The summed E-state index contributed by atoms with van der Waals surface area (Å²) >= 11 is 0. The topological polar surface area (TPSA) is 52.6 Å². The van der Waals surface area contributed by atoms with Gasteiger partial charge in [-0.2, -0.15) is 0 Å². The standard InChI is InChI=1S/C10H14O4/c1-5-13-10(12)8(4)6-14-9(11)7(2)3/h6H,2,5H2,1,3-4H3/b8-6+. The molecule has 0 aliphatic rings. The van der Waals surface area contributed by atoms with Crippen molar-refractivity contribution in [2.45, 2.75) is 20.8 Å². The van der Waals surface area contributed by atoms with E-state index in [0.717, 1.165) is 6.26 Å². The first-order valence-corrected chi connectivity index (χ1v) is 4.19. The summed E-state index contributed by atoms with van der Waals surface area (Å²) < 4.78 is 9.31. The van der Waals surface area contributed by atoms with Crippen molar-refractivity contribution in [1.29, 1.82) is 0 Å². The molecule has 0 saturated heterocycles. The van der Waals surface area contributed by atoms with E-state index >= 15 is 0 Å². The van der Waals surface area contributed by atoms with E-state index in [9.17, 15) is 9.59 Å². The lowest BCUT2D eigenvalue weighted by Gasteiger charge is -2.01. The Balaban J connectivity index is 4.18. The van der Waals surface area contributed by atoms with Crippen molar-refractivity contribution in [3.8, 4) is 0 Å². The van der Waals surface area contributed by atoms with Crippen molar-refractivity contribution in [3.63, 3.8) is 0 Å². The van der Waals surface area contributed by atoms with E-state index in [0.29, 0.717) is 6.61 Å². The van der Waals surface area contributed by atoms with Crippen molar-refractivity contribution < 1.29 is 19.1 Å². The Morgan fingerprint density at radius 1 is 1.29 bits per heavy atom. The van der Waals surface area contributed by atoms with Gasteiger partial charge < -0.3 is 9.47 Å².